The minimum absolute atomic E-state index is 0.0216. The predicted octanol–water partition coefficient (Wildman–Crippen LogP) is 2.65. The molecular formula is C19H22F2N4O2. The summed E-state index contributed by atoms with van der Waals surface area (Å²) in [6, 6.07) is 8.21. The number of ether oxygens (including phenoxy) is 1. The van der Waals surface area contributed by atoms with E-state index in [1.165, 1.54) is 12.1 Å². The van der Waals surface area contributed by atoms with Crippen molar-refractivity contribution in [3.63, 3.8) is 0 Å². The molecule has 0 saturated carbocycles. The van der Waals surface area contributed by atoms with E-state index in [0.29, 0.717) is 25.5 Å². The van der Waals surface area contributed by atoms with Gasteiger partial charge in [-0.25, -0.2) is 9.97 Å². The van der Waals surface area contributed by atoms with Crippen LogP contribution < -0.4 is 15.0 Å². The third-order valence-electron chi connectivity index (χ3n) is 4.49. The minimum atomic E-state index is -2.83. The SMILES string of the molecule is O=C(NCCc1ccc(OC(F)F)cc1)C1CCCN(c2ncccn2)C1. The molecular weight excluding hydrogens is 354 g/mol. The summed E-state index contributed by atoms with van der Waals surface area (Å²) in [5.41, 5.74) is 0.944. The molecule has 1 saturated heterocycles. The Labute approximate surface area is 156 Å². The number of benzene rings is 1. The van der Waals surface area contributed by atoms with Gasteiger partial charge in [0.05, 0.1) is 5.92 Å². The lowest BCUT2D eigenvalue weighted by Crippen LogP contribution is -2.44. The van der Waals surface area contributed by atoms with Gasteiger partial charge >= 0.3 is 6.61 Å². The van der Waals surface area contributed by atoms with Crippen LogP contribution in [0.4, 0.5) is 14.7 Å². The van der Waals surface area contributed by atoms with Gasteiger partial charge in [0.2, 0.25) is 11.9 Å². The van der Waals surface area contributed by atoms with Crippen LogP contribution in [0.1, 0.15) is 18.4 Å². The Morgan fingerprint density at radius 3 is 2.70 bits per heavy atom. The summed E-state index contributed by atoms with van der Waals surface area (Å²) in [4.78, 5) is 23.0. The number of nitrogens with zero attached hydrogens (tertiary/aromatic N) is 3. The second-order valence-corrected chi connectivity index (χ2v) is 6.40. The number of hydrogen-bond donors (Lipinski definition) is 1. The van der Waals surface area contributed by atoms with Gasteiger partial charge in [-0.15, -0.1) is 0 Å². The van der Waals surface area contributed by atoms with E-state index < -0.39 is 6.61 Å². The maximum absolute atomic E-state index is 12.5. The molecule has 1 fully saturated rings. The van der Waals surface area contributed by atoms with Gasteiger partial charge in [-0.3, -0.25) is 4.79 Å². The molecule has 6 nitrogen and oxygen atoms in total. The van der Waals surface area contributed by atoms with Crippen molar-refractivity contribution in [1.82, 2.24) is 15.3 Å². The van der Waals surface area contributed by atoms with Crippen LogP contribution in [0.15, 0.2) is 42.7 Å². The Morgan fingerprint density at radius 2 is 2.00 bits per heavy atom. The molecule has 3 rings (SSSR count). The fourth-order valence-corrected chi connectivity index (χ4v) is 3.14. The summed E-state index contributed by atoms with van der Waals surface area (Å²) in [6.45, 7) is -0.880. The molecule has 2 heterocycles. The van der Waals surface area contributed by atoms with Crippen molar-refractivity contribution < 1.29 is 18.3 Å². The maximum Gasteiger partial charge on any atom is 0.387 e. The van der Waals surface area contributed by atoms with Crippen molar-refractivity contribution in [1.29, 1.82) is 0 Å². The average molecular weight is 376 g/mol. The Bertz CT molecular complexity index is 728. The predicted molar refractivity (Wildman–Crippen MR) is 96.8 cm³/mol. The average Bonchev–Trinajstić information content (AvgIpc) is 2.69. The van der Waals surface area contributed by atoms with Crippen LogP contribution in [0, 0.1) is 5.92 Å². The lowest BCUT2D eigenvalue weighted by Gasteiger charge is -2.31. The van der Waals surface area contributed by atoms with E-state index in [4.69, 9.17) is 0 Å². The highest BCUT2D eigenvalue weighted by Gasteiger charge is 2.26. The number of rotatable bonds is 7. The van der Waals surface area contributed by atoms with E-state index in [1.807, 2.05) is 4.90 Å². The van der Waals surface area contributed by atoms with Crippen molar-refractivity contribution >= 4 is 11.9 Å². The standard InChI is InChI=1S/C19H22F2N4O2/c20-18(21)27-16-6-4-14(5-7-16)8-11-22-17(26)15-3-1-12-25(13-15)19-23-9-2-10-24-19/h2,4-7,9-10,15,18H,1,3,8,11-13H2,(H,22,26). The number of hydrogen-bond acceptors (Lipinski definition) is 5. The van der Waals surface area contributed by atoms with Gasteiger partial charge in [0.15, 0.2) is 0 Å². The molecule has 1 atom stereocenters. The molecule has 1 unspecified atom stereocenters. The lowest BCUT2D eigenvalue weighted by atomic mass is 9.97. The van der Waals surface area contributed by atoms with Crippen molar-refractivity contribution in [2.45, 2.75) is 25.9 Å². The third kappa shape index (κ3) is 5.60. The van der Waals surface area contributed by atoms with Crippen molar-refractivity contribution in [2.24, 2.45) is 5.92 Å². The van der Waals surface area contributed by atoms with E-state index in [0.717, 1.165) is 24.9 Å². The molecule has 144 valence electrons. The van der Waals surface area contributed by atoms with E-state index >= 15 is 0 Å². The van der Waals surface area contributed by atoms with E-state index in [1.54, 1.807) is 30.6 Å². The number of amides is 1. The highest BCUT2D eigenvalue weighted by molar-refractivity contribution is 5.79. The summed E-state index contributed by atoms with van der Waals surface area (Å²) < 4.78 is 28.6. The number of carbonyl (C=O) groups is 1. The van der Waals surface area contributed by atoms with Gasteiger partial charge in [-0.1, -0.05) is 12.1 Å². The molecule has 0 aliphatic carbocycles. The smallest absolute Gasteiger partial charge is 0.387 e. The molecule has 1 aromatic heterocycles. The number of anilines is 1. The Balaban J connectivity index is 1.45. The molecule has 8 heteroatoms. The summed E-state index contributed by atoms with van der Waals surface area (Å²) in [6.07, 6.45) is 5.78. The summed E-state index contributed by atoms with van der Waals surface area (Å²) in [7, 11) is 0. The number of alkyl halides is 2. The van der Waals surface area contributed by atoms with Crippen molar-refractivity contribution in [3.05, 3.63) is 48.3 Å². The number of piperidine rings is 1. The number of aromatic nitrogens is 2. The van der Waals surface area contributed by atoms with Crippen LogP contribution in [0.5, 0.6) is 5.75 Å². The number of halogens is 2. The van der Waals surface area contributed by atoms with Gasteiger partial charge in [0.1, 0.15) is 5.75 Å². The largest absolute Gasteiger partial charge is 0.435 e. The molecule has 1 aromatic carbocycles. The molecule has 0 radical (unpaired) electrons. The first-order valence-corrected chi connectivity index (χ1v) is 8.95. The second kappa shape index (κ2) is 9.25. The van der Waals surface area contributed by atoms with E-state index in [2.05, 4.69) is 20.0 Å². The zero-order valence-corrected chi connectivity index (χ0v) is 14.9. The first-order valence-electron chi connectivity index (χ1n) is 8.95. The molecule has 1 N–H and O–H groups in total. The van der Waals surface area contributed by atoms with Crippen LogP contribution in [0.2, 0.25) is 0 Å². The number of carbonyl (C=O) groups excluding carboxylic acids is 1. The summed E-state index contributed by atoms with van der Waals surface area (Å²) >= 11 is 0. The first kappa shape index (κ1) is 19.0. The quantitative estimate of drug-likeness (QED) is 0.805. The van der Waals surface area contributed by atoms with Gasteiger partial charge in [0, 0.05) is 32.0 Å². The lowest BCUT2D eigenvalue weighted by molar-refractivity contribution is -0.125. The van der Waals surface area contributed by atoms with E-state index in [9.17, 15) is 13.6 Å². The van der Waals surface area contributed by atoms with Crippen LogP contribution >= 0.6 is 0 Å². The van der Waals surface area contributed by atoms with Gasteiger partial charge < -0.3 is 15.0 Å². The maximum atomic E-state index is 12.5. The van der Waals surface area contributed by atoms with Crippen LogP contribution in [0.25, 0.3) is 0 Å². The van der Waals surface area contributed by atoms with Crippen molar-refractivity contribution in [2.75, 3.05) is 24.5 Å². The fraction of sp³-hybridized carbons (Fsp3) is 0.421. The van der Waals surface area contributed by atoms with Crippen LogP contribution in [-0.2, 0) is 11.2 Å². The fourth-order valence-electron chi connectivity index (χ4n) is 3.14. The summed E-state index contributed by atoms with van der Waals surface area (Å²) in [5.74, 6) is 0.710. The molecule has 0 bridgehead atoms. The topological polar surface area (TPSA) is 67.3 Å². The zero-order valence-electron chi connectivity index (χ0n) is 14.9. The Kier molecular flexibility index (Phi) is 6.51. The van der Waals surface area contributed by atoms with Gasteiger partial charge in [0.25, 0.3) is 0 Å². The highest BCUT2D eigenvalue weighted by atomic mass is 19.3. The first-order chi connectivity index (χ1) is 13.1. The molecule has 0 spiro atoms. The van der Waals surface area contributed by atoms with Crippen LogP contribution in [-0.4, -0.2) is 42.1 Å². The normalized spacial score (nSPS) is 17.0. The molecule has 2 aromatic rings. The second-order valence-electron chi connectivity index (χ2n) is 6.40. The van der Waals surface area contributed by atoms with Crippen molar-refractivity contribution in [3.8, 4) is 5.75 Å². The van der Waals surface area contributed by atoms with Gasteiger partial charge in [-0.05, 0) is 43.0 Å². The molecule has 27 heavy (non-hydrogen) atoms. The number of nitrogens with one attached hydrogen (secondary N) is 1. The van der Waals surface area contributed by atoms with E-state index in [-0.39, 0.29) is 17.6 Å². The molecule has 1 amide bonds. The van der Waals surface area contributed by atoms with Crippen LogP contribution in [0.3, 0.4) is 0 Å². The van der Waals surface area contributed by atoms with Gasteiger partial charge in [-0.2, -0.15) is 8.78 Å². The highest BCUT2D eigenvalue weighted by Crippen LogP contribution is 2.20. The molecule has 1 aliphatic heterocycles. The third-order valence-corrected chi connectivity index (χ3v) is 4.49. The molecule has 1 aliphatic rings. The zero-order chi connectivity index (χ0) is 19.1. The minimum Gasteiger partial charge on any atom is -0.435 e. The Hall–Kier alpha value is -2.77. The Morgan fingerprint density at radius 1 is 1.26 bits per heavy atom. The monoisotopic (exact) mass is 376 g/mol. The summed E-state index contributed by atoms with van der Waals surface area (Å²) in [5, 5.41) is 2.96.